The first kappa shape index (κ1) is 15.5. The van der Waals surface area contributed by atoms with E-state index in [4.69, 9.17) is 19.7 Å². The number of nitrogens with two attached hydrogens (primary N) is 1. The number of para-hydroxylation sites is 1. The molecule has 2 aromatic carbocycles. The topological polar surface area (TPSA) is 100 Å². The van der Waals surface area contributed by atoms with Crippen LogP contribution in [0.1, 0.15) is 0 Å². The molecule has 0 radical (unpaired) electrons. The smallest absolute Gasteiger partial charge is 0.262 e. The molecule has 0 saturated carbocycles. The van der Waals surface area contributed by atoms with Crippen LogP contribution >= 0.6 is 0 Å². The number of carbonyl (C=O) groups excluding carboxylic acids is 1. The molecule has 24 heavy (non-hydrogen) atoms. The molecule has 0 atom stereocenters. The predicted octanol–water partition coefficient (Wildman–Crippen LogP) is 2.28. The lowest BCUT2D eigenvalue weighted by atomic mass is 10.2. The molecule has 0 aliphatic heterocycles. The van der Waals surface area contributed by atoms with Crippen molar-refractivity contribution in [3.63, 3.8) is 0 Å². The molecule has 1 heterocycles. The molecule has 0 fully saturated rings. The Bertz CT molecular complexity index is 843. The Morgan fingerprint density at radius 2 is 1.92 bits per heavy atom. The second-order valence-corrected chi connectivity index (χ2v) is 4.90. The Morgan fingerprint density at radius 3 is 2.62 bits per heavy atom. The van der Waals surface area contributed by atoms with Gasteiger partial charge in [-0.1, -0.05) is 17.3 Å². The first-order valence-corrected chi connectivity index (χ1v) is 7.16. The summed E-state index contributed by atoms with van der Waals surface area (Å²) in [7, 11) is 1.58. The van der Waals surface area contributed by atoms with Gasteiger partial charge in [0.1, 0.15) is 11.5 Å². The van der Waals surface area contributed by atoms with Gasteiger partial charge in [0.15, 0.2) is 6.61 Å². The standard InChI is InChI=1S/C17H15N3O4/c1-22-14-5-3-2-4-13(14)17-19-16(20-24-17)11-6-8-12(9-7-11)23-10-15(18)21/h2-9H,10H2,1H3,(H2,18,21). The van der Waals surface area contributed by atoms with Crippen LogP contribution < -0.4 is 15.2 Å². The van der Waals surface area contributed by atoms with Crippen molar-refractivity contribution in [2.45, 2.75) is 0 Å². The van der Waals surface area contributed by atoms with Crippen LogP contribution in [-0.2, 0) is 4.79 Å². The number of nitrogens with zero attached hydrogens (tertiary/aromatic N) is 2. The highest BCUT2D eigenvalue weighted by molar-refractivity contribution is 5.75. The van der Waals surface area contributed by atoms with E-state index >= 15 is 0 Å². The van der Waals surface area contributed by atoms with Gasteiger partial charge in [0.2, 0.25) is 5.82 Å². The maximum Gasteiger partial charge on any atom is 0.262 e. The molecule has 3 aromatic rings. The van der Waals surface area contributed by atoms with Crippen molar-refractivity contribution < 1.29 is 18.8 Å². The summed E-state index contributed by atoms with van der Waals surface area (Å²) in [6.45, 7) is -0.167. The van der Waals surface area contributed by atoms with Crippen LogP contribution in [0.15, 0.2) is 53.1 Å². The van der Waals surface area contributed by atoms with E-state index in [0.29, 0.717) is 23.2 Å². The van der Waals surface area contributed by atoms with Gasteiger partial charge in [-0.15, -0.1) is 0 Å². The van der Waals surface area contributed by atoms with Crippen molar-refractivity contribution in [1.29, 1.82) is 0 Å². The zero-order valence-corrected chi connectivity index (χ0v) is 12.9. The molecule has 7 nitrogen and oxygen atoms in total. The lowest BCUT2D eigenvalue weighted by Crippen LogP contribution is -2.19. The second-order valence-electron chi connectivity index (χ2n) is 4.90. The number of methoxy groups -OCH3 is 1. The van der Waals surface area contributed by atoms with Crippen LogP contribution in [0.2, 0.25) is 0 Å². The Hall–Kier alpha value is -3.35. The molecule has 122 valence electrons. The number of carbonyl (C=O) groups is 1. The summed E-state index contributed by atoms with van der Waals surface area (Å²) < 4.78 is 15.8. The molecule has 0 aliphatic rings. The van der Waals surface area contributed by atoms with E-state index in [0.717, 1.165) is 11.1 Å². The third kappa shape index (κ3) is 3.35. The first-order valence-electron chi connectivity index (χ1n) is 7.16. The van der Waals surface area contributed by atoms with E-state index in [1.165, 1.54) is 0 Å². The number of benzene rings is 2. The fourth-order valence-electron chi connectivity index (χ4n) is 2.13. The Kier molecular flexibility index (Phi) is 4.42. The number of hydrogen-bond donors (Lipinski definition) is 1. The average molecular weight is 325 g/mol. The number of hydrogen-bond acceptors (Lipinski definition) is 6. The summed E-state index contributed by atoms with van der Waals surface area (Å²) in [4.78, 5) is 15.1. The van der Waals surface area contributed by atoms with Crippen LogP contribution in [0.5, 0.6) is 11.5 Å². The zero-order valence-electron chi connectivity index (χ0n) is 12.9. The Balaban J connectivity index is 1.81. The number of rotatable bonds is 6. The molecule has 3 rings (SSSR count). The van der Waals surface area contributed by atoms with Gasteiger partial charge in [-0.25, -0.2) is 0 Å². The summed E-state index contributed by atoms with van der Waals surface area (Å²) in [6.07, 6.45) is 0. The number of aromatic nitrogens is 2. The van der Waals surface area contributed by atoms with Crippen molar-refractivity contribution in [3.8, 4) is 34.3 Å². The predicted molar refractivity (Wildman–Crippen MR) is 86.4 cm³/mol. The highest BCUT2D eigenvalue weighted by atomic mass is 16.5. The minimum absolute atomic E-state index is 0.167. The fraction of sp³-hybridized carbons (Fsp3) is 0.118. The molecule has 7 heteroatoms. The molecular weight excluding hydrogens is 310 g/mol. The van der Waals surface area contributed by atoms with Gasteiger partial charge in [0, 0.05) is 5.56 Å². The molecule has 1 amide bonds. The summed E-state index contributed by atoms with van der Waals surface area (Å²) in [5.74, 6) is 1.47. The zero-order chi connectivity index (χ0) is 16.9. The number of amides is 1. The third-order valence-electron chi connectivity index (χ3n) is 3.26. The summed E-state index contributed by atoms with van der Waals surface area (Å²) in [6, 6.07) is 14.4. The molecule has 2 N–H and O–H groups in total. The summed E-state index contributed by atoms with van der Waals surface area (Å²) >= 11 is 0. The van der Waals surface area contributed by atoms with Crippen molar-refractivity contribution in [2.75, 3.05) is 13.7 Å². The van der Waals surface area contributed by atoms with E-state index < -0.39 is 5.91 Å². The van der Waals surface area contributed by atoms with Crippen molar-refractivity contribution >= 4 is 5.91 Å². The van der Waals surface area contributed by atoms with Crippen molar-refractivity contribution in [1.82, 2.24) is 10.1 Å². The molecule has 1 aromatic heterocycles. The number of ether oxygens (including phenoxy) is 2. The SMILES string of the molecule is COc1ccccc1-c1nc(-c2ccc(OCC(N)=O)cc2)no1. The molecule has 0 spiro atoms. The second kappa shape index (κ2) is 6.82. The minimum Gasteiger partial charge on any atom is -0.496 e. The number of primary amides is 1. The molecule has 0 bridgehead atoms. The first-order chi connectivity index (χ1) is 11.7. The lowest BCUT2D eigenvalue weighted by molar-refractivity contribution is -0.119. The van der Waals surface area contributed by atoms with Gasteiger partial charge >= 0.3 is 0 Å². The highest BCUT2D eigenvalue weighted by Crippen LogP contribution is 2.30. The van der Waals surface area contributed by atoms with Gasteiger partial charge in [-0.3, -0.25) is 4.79 Å². The van der Waals surface area contributed by atoms with E-state index in [1.54, 1.807) is 31.4 Å². The maximum absolute atomic E-state index is 10.7. The van der Waals surface area contributed by atoms with Crippen LogP contribution in [0.4, 0.5) is 0 Å². The molecular formula is C17H15N3O4. The van der Waals surface area contributed by atoms with Crippen LogP contribution in [0.25, 0.3) is 22.8 Å². The average Bonchev–Trinajstić information content (AvgIpc) is 3.10. The van der Waals surface area contributed by atoms with E-state index in [9.17, 15) is 4.79 Å². The lowest BCUT2D eigenvalue weighted by Gasteiger charge is -2.03. The van der Waals surface area contributed by atoms with E-state index in [-0.39, 0.29) is 6.61 Å². The Labute approximate surface area is 138 Å². The van der Waals surface area contributed by atoms with Crippen molar-refractivity contribution in [2.24, 2.45) is 5.73 Å². The Morgan fingerprint density at radius 1 is 1.17 bits per heavy atom. The van der Waals surface area contributed by atoms with Gasteiger partial charge in [0.05, 0.1) is 12.7 Å². The minimum atomic E-state index is -0.529. The highest BCUT2D eigenvalue weighted by Gasteiger charge is 2.14. The fourth-order valence-corrected chi connectivity index (χ4v) is 2.13. The summed E-state index contributed by atoms with van der Waals surface area (Å²) in [5, 5.41) is 3.99. The van der Waals surface area contributed by atoms with Crippen LogP contribution in [0, 0.1) is 0 Å². The largest absolute Gasteiger partial charge is 0.496 e. The van der Waals surface area contributed by atoms with Gasteiger partial charge in [-0.2, -0.15) is 4.98 Å². The van der Waals surface area contributed by atoms with Gasteiger partial charge in [-0.05, 0) is 36.4 Å². The normalized spacial score (nSPS) is 10.4. The molecule has 0 saturated heterocycles. The molecule has 0 aliphatic carbocycles. The van der Waals surface area contributed by atoms with Gasteiger partial charge < -0.3 is 19.7 Å². The summed E-state index contributed by atoms with van der Waals surface area (Å²) in [5.41, 5.74) is 6.51. The molecule has 0 unspecified atom stereocenters. The van der Waals surface area contributed by atoms with E-state index in [2.05, 4.69) is 10.1 Å². The third-order valence-corrected chi connectivity index (χ3v) is 3.26. The monoisotopic (exact) mass is 325 g/mol. The quantitative estimate of drug-likeness (QED) is 0.746. The van der Waals surface area contributed by atoms with Crippen LogP contribution in [-0.4, -0.2) is 29.8 Å². The van der Waals surface area contributed by atoms with Gasteiger partial charge in [0.25, 0.3) is 11.8 Å². The van der Waals surface area contributed by atoms with Crippen LogP contribution in [0.3, 0.4) is 0 Å². The maximum atomic E-state index is 10.7. The van der Waals surface area contributed by atoms with E-state index in [1.807, 2.05) is 24.3 Å². The van der Waals surface area contributed by atoms with Crippen molar-refractivity contribution in [3.05, 3.63) is 48.5 Å².